The summed E-state index contributed by atoms with van der Waals surface area (Å²) < 4.78 is 1.72. The molecular weight excluding hydrogens is 280 g/mol. The molecule has 2 aromatic heterocycles. The monoisotopic (exact) mass is 298 g/mol. The third kappa shape index (κ3) is 2.76. The van der Waals surface area contributed by atoms with Crippen LogP contribution in [0.3, 0.4) is 0 Å². The minimum atomic E-state index is 0.0208. The Morgan fingerprint density at radius 1 is 1.24 bits per heavy atom. The summed E-state index contributed by atoms with van der Waals surface area (Å²) in [6.45, 7) is 4.15. The molecule has 1 aromatic carbocycles. The molecule has 2 heterocycles. The molecule has 0 radical (unpaired) electrons. The summed E-state index contributed by atoms with van der Waals surface area (Å²) in [4.78, 5) is 17.6. The molecule has 0 amide bonds. The summed E-state index contributed by atoms with van der Waals surface area (Å²) in [6.07, 6.45) is 5.29. The molecule has 3 rings (SSSR count). The van der Waals surface area contributed by atoms with Crippen molar-refractivity contribution in [1.29, 1.82) is 0 Å². The van der Waals surface area contributed by atoms with Crippen LogP contribution in [0, 0.1) is 6.92 Å². The molecule has 0 spiro atoms. The van der Waals surface area contributed by atoms with E-state index in [-0.39, 0.29) is 5.56 Å². The number of hydrogen-bond donors (Lipinski definition) is 0. The number of hydrogen-bond acceptors (Lipinski definition) is 3. The molecule has 0 bridgehead atoms. The maximum atomic E-state index is 12.5. The van der Waals surface area contributed by atoms with Gasteiger partial charge in [0.2, 0.25) is 0 Å². The van der Waals surface area contributed by atoms with Crippen LogP contribution in [0.15, 0.2) is 41.3 Å². The fraction of sp³-hybridized carbons (Fsp3) is 0.294. The van der Waals surface area contributed by atoms with Gasteiger partial charge in [0.15, 0.2) is 0 Å². The topological polar surface area (TPSA) is 34.9 Å². The molecule has 0 fully saturated rings. The predicted octanol–water partition coefficient (Wildman–Crippen LogP) is 4.10. The molecule has 3 aromatic rings. The van der Waals surface area contributed by atoms with Crippen molar-refractivity contribution in [2.75, 3.05) is 0 Å². The molecule has 4 heteroatoms. The second kappa shape index (κ2) is 5.82. The summed E-state index contributed by atoms with van der Waals surface area (Å²) in [5, 5.41) is 0.704. The van der Waals surface area contributed by atoms with Crippen molar-refractivity contribution in [3.05, 3.63) is 58.0 Å². The van der Waals surface area contributed by atoms with Gasteiger partial charge in [-0.2, -0.15) is 0 Å². The van der Waals surface area contributed by atoms with Gasteiger partial charge >= 0.3 is 0 Å². The lowest BCUT2D eigenvalue weighted by Crippen LogP contribution is -2.10. The molecule has 0 saturated carbocycles. The number of fused-ring (bicyclic) bond motifs is 1. The van der Waals surface area contributed by atoms with Gasteiger partial charge in [0.25, 0.3) is 5.56 Å². The zero-order valence-corrected chi connectivity index (χ0v) is 13.1. The van der Waals surface area contributed by atoms with Gasteiger partial charge in [-0.25, -0.2) is 8.94 Å². The zero-order chi connectivity index (χ0) is 14.8. The lowest BCUT2D eigenvalue weighted by atomic mass is 10.1. The number of unbranched alkanes of at least 4 members (excludes halogenated alkanes) is 1. The van der Waals surface area contributed by atoms with Gasteiger partial charge in [-0.1, -0.05) is 25.5 Å². The Morgan fingerprint density at radius 3 is 2.71 bits per heavy atom. The fourth-order valence-electron chi connectivity index (χ4n) is 2.37. The number of aryl methyl sites for hydroxylation is 2. The van der Waals surface area contributed by atoms with Gasteiger partial charge in [0.1, 0.15) is 4.83 Å². The van der Waals surface area contributed by atoms with E-state index in [1.807, 2.05) is 25.1 Å². The SMILES string of the molecule is CCCCc1ccc(-n2sc3ncc(C)cc3c2=O)cc1. The van der Waals surface area contributed by atoms with E-state index in [1.165, 1.54) is 29.9 Å². The molecular formula is C17H18N2OS. The van der Waals surface area contributed by atoms with Crippen LogP contribution in [0.4, 0.5) is 0 Å². The largest absolute Gasteiger partial charge is 0.274 e. The quantitative estimate of drug-likeness (QED) is 0.727. The molecule has 0 atom stereocenters. The second-order valence-electron chi connectivity index (χ2n) is 5.33. The van der Waals surface area contributed by atoms with Crippen molar-refractivity contribution in [2.45, 2.75) is 33.1 Å². The minimum absolute atomic E-state index is 0.0208. The van der Waals surface area contributed by atoms with E-state index in [0.717, 1.165) is 22.5 Å². The summed E-state index contributed by atoms with van der Waals surface area (Å²) >= 11 is 1.40. The van der Waals surface area contributed by atoms with Crippen LogP contribution in [-0.2, 0) is 6.42 Å². The average Bonchev–Trinajstić information content (AvgIpc) is 2.83. The Labute approximate surface area is 128 Å². The van der Waals surface area contributed by atoms with Crippen LogP contribution in [0.1, 0.15) is 30.9 Å². The number of aromatic nitrogens is 2. The van der Waals surface area contributed by atoms with Gasteiger partial charge in [-0.15, -0.1) is 0 Å². The Balaban J connectivity index is 2.00. The zero-order valence-electron chi connectivity index (χ0n) is 12.3. The molecule has 3 nitrogen and oxygen atoms in total. The van der Waals surface area contributed by atoms with Crippen molar-refractivity contribution >= 4 is 21.7 Å². The van der Waals surface area contributed by atoms with Crippen molar-refractivity contribution in [3.63, 3.8) is 0 Å². The Hall–Kier alpha value is -1.94. The van der Waals surface area contributed by atoms with E-state index in [0.29, 0.717) is 5.39 Å². The number of rotatable bonds is 4. The highest BCUT2D eigenvalue weighted by atomic mass is 32.1. The van der Waals surface area contributed by atoms with Crippen LogP contribution in [0.25, 0.3) is 15.9 Å². The molecule has 0 N–H and O–H groups in total. The van der Waals surface area contributed by atoms with Crippen LogP contribution in [-0.4, -0.2) is 8.94 Å². The van der Waals surface area contributed by atoms with Crippen LogP contribution < -0.4 is 5.56 Å². The lowest BCUT2D eigenvalue weighted by Gasteiger charge is -2.03. The van der Waals surface area contributed by atoms with E-state index in [1.54, 1.807) is 10.2 Å². The van der Waals surface area contributed by atoms with E-state index < -0.39 is 0 Å². The number of pyridine rings is 1. The predicted molar refractivity (Wildman–Crippen MR) is 88.6 cm³/mol. The van der Waals surface area contributed by atoms with E-state index in [4.69, 9.17) is 0 Å². The smallest absolute Gasteiger partial charge is 0.267 e. The Bertz CT molecular complexity index is 815. The van der Waals surface area contributed by atoms with Crippen LogP contribution in [0.5, 0.6) is 0 Å². The lowest BCUT2D eigenvalue weighted by molar-refractivity contribution is 0.795. The summed E-state index contributed by atoms with van der Waals surface area (Å²) in [5.74, 6) is 0. The maximum Gasteiger partial charge on any atom is 0.274 e. The highest BCUT2D eigenvalue weighted by molar-refractivity contribution is 7.13. The first kappa shape index (κ1) is 14.0. The minimum Gasteiger partial charge on any atom is -0.267 e. The highest BCUT2D eigenvalue weighted by Gasteiger charge is 2.10. The Kier molecular flexibility index (Phi) is 3.88. The van der Waals surface area contributed by atoms with Gasteiger partial charge in [-0.3, -0.25) is 4.79 Å². The third-order valence-electron chi connectivity index (χ3n) is 3.57. The van der Waals surface area contributed by atoms with E-state index >= 15 is 0 Å². The number of benzene rings is 1. The van der Waals surface area contributed by atoms with Crippen LogP contribution in [0.2, 0.25) is 0 Å². The molecule has 0 aliphatic rings. The fourth-order valence-corrected chi connectivity index (χ4v) is 3.29. The van der Waals surface area contributed by atoms with Gasteiger partial charge in [0.05, 0.1) is 11.1 Å². The van der Waals surface area contributed by atoms with Gasteiger partial charge in [0, 0.05) is 6.20 Å². The Morgan fingerprint density at radius 2 is 2.00 bits per heavy atom. The summed E-state index contributed by atoms with van der Waals surface area (Å²) in [7, 11) is 0. The molecule has 0 saturated heterocycles. The highest BCUT2D eigenvalue weighted by Crippen LogP contribution is 2.19. The maximum absolute atomic E-state index is 12.5. The van der Waals surface area contributed by atoms with Crippen molar-refractivity contribution in [2.24, 2.45) is 0 Å². The first-order valence-corrected chi connectivity index (χ1v) is 8.04. The van der Waals surface area contributed by atoms with Crippen molar-refractivity contribution < 1.29 is 0 Å². The first-order chi connectivity index (χ1) is 10.2. The third-order valence-corrected chi connectivity index (χ3v) is 4.63. The molecule has 0 unspecified atom stereocenters. The average molecular weight is 298 g/mol. The number of nitrogens with zero attached hydrogens (tertiary/aromatic N) is 2. The summed E-state index contributed by atoms with van der Waals surface area (Å²) in [5.41, 5.74) is 3.27. The van der Waals surface area contributed by atoms with Crippen molar-refractivity contribution in [1.82, 2.24) is 8.94 Å². The van der Waals surface area contributed by atoms with Gasteiger partial charge in [-0.05, 0) is 60.6 Å². The molecule has 21 heavy (non-hydrogen) atoms. The molecule has 0 aliphatic carbocycles. The summed E-state index contributed by atoms with van der Waals surface area (Å²) in [6, 6.07) is 10.2. The van der Waals surface area contributed by atoms with E-state index in [2.05, 4.69) is 24.0 Å². The molecule has 0 aliphatic heterocycles. The van der Waals surface area contributed by atoms with Crippen molar-refractivity contribution in [3.8, 4) is 5.69 Å². The molecule has 108 valence electrons. The van der Waals surface area contributed by atoms with E-state index in [9.17, 15) is 4.79 Å². The van der Waals surface area contributed by atoms with Gasteiger partial charge < -0.3 is 0 Å². The standard InChI is InChI=1S/C17H18N2OS/c1-3-4-5-13-6-8-14(9-7-13)19-17(20)15-10-12(2)11-18-16(15)21-19/h6-11H,3-5H2,1-2H3. The first-order valence-electron chi connectivity index (χ1n) is 7.27. The second-order valence-corrected chi connectivity index (χ2v) is 6.26. The normalized spacial score (nSPS) is 11.1. The van der Waals surface area contributed by atoms with Crippen LogP contribution >= 0.6 is 11.5 Å².